The van der Waals surface area contributed by atoms with Gasteiger partial charge >= 0.3 is 6.61 Å². The van der Waals surface area contributed by atoms with Crippen molar-refractivity contribution in [3.63, 3.8) is 0 Å². The Bertz CT molecular complexity index is 807. The topological polar surface area (TPSA) is 48.0 Å². The summed E-state index contributed by atoms with van der Waals surface area (Å²) in [5.74, 6) is 0.865. The van der Waals surface area contributed by atoms with Gasteiger partial charge in [0.1, 0.15) is 5.75 Å². The monoisotopic (exact) mass is 391 g/mol. The van der Waals surface area contributed by atoms with Crippen LogP contribution in [0.4, 0.5) is 8.78 Å². The summed E-state index contributed by atoms with van der Waals surface area (Å²) in [6.07, 6.45) is 3.85. The highest BCUT2D eigenvalue weighted by molar-refractivity contribution is 5.77. The summed E-state index contributed by atoms with van der Waals surface area (Å²) in [5.41, 5.74) is 1.75. The van der Waals surface area contributed by atoms with Crippen molar-refractivity contribution >= 4 is 12.0 Å². The molecular formula is C21H23F2NO4. The van der Waals surface area contributed by atoms with E-state index in [1.807, 2.05) is 31.2 Å². The quantitative estimate of drug-likeness (QED) is 0.637. The predicted octanol–water partition coefficient (Wildman–Crippen LogP) is 4.37. The zero-order valence-electron chi connectivity index (χ0n) is 16.0. The summed E-state index contributed by atoms with van der Waals surface area (Å²) in [4.78, 5) is 13.8. The summed E-state index contributed by atoms with van der Waals surface area (Å²) in [7, 11) is 3.18. The molecule has 0 radical (unpaired) electrons. The first-order valence-corrected chi connectivity index (χ1v) is 8.64. The summed E-state index contributed by atoms with van der Waals surface area (Å²) in [6.45, 7) is -0.780. The average molecular weight is 391 g/mol. The number of allylic oxidation sites excluding steroid dienone is 1. The van der Waals surface area contributed by atoms with Crippen molar-refractivity contribution < 1.29 is 27.8 Å². The van der Waals surface area contributed by atoms with Crippen molar-refractivity contribution in [1.82, 2.24) is 4.90 Å². The number of alkyl halides is 2. The number of rotatable bonds is 9. The lowest BCUT2D eigenvalue weighted by atomic mass is 10.2. The number of carbonyl (C=O) groups excluding carboxylic acids is 1. The molecular weight excluding hydrogens is 368 g/mol. The maximum absolute atomic E-state index is 12.3. The fourth-order valence-corrected chi connectivity index (χ4v) is 2.49. The van der Waals surface area contributed by atoms with E-state index in [1.54, 1.807) is 25.2 Å². The van der Waals surface area contributed by atoms with Gasteiger partial charge in [-0.05, 0) is 42.3 Å². The Labute approximate surface area is 163 Å². The van der Waals surface area contributed by atoms with Gasteiger partial charge in [0.15, 0.2) is 18.1 Å². The molecule has 5 nitrogen and oxygen atoms in total. The Morgan fingerprint density at radius 3 is 2.46 bits per heavy atom. The predicted molar refractivity (Wildman–Crippen MR) is 103 cm³/mol. The van der Waals surface area contributed by atoms with Crippen LogP contribution in [0, 0.1) is 0 Å². The number of benzene rings is 2. The van der Waals surface area contributed by atoms with Crippen LogP contribution in [0.15, 0.2) is 48.5 Å². The molecule has 0 aliphatic rings. The van der Waals surface area contributed by atoms with E-state index >= 15 is 0 Å². The highest BCUT2D eigenvalue weighted by Crippen LogP contribution is 2.28. The molecule has 150 valence electrons. The van der Waals surface area contributed by atoms with E-state index < -0.39 is 6.61 Å². The number of halogens is 2. The van der Waals surface area contributed by atoms with Gasteiger partial charge in [-0.1, -0.05) is 30.4 Å². The first-order chi connectivity index (χ1) is 13.4. The fraction of sp³-hybridized carbons (Fsp3) is 0.286. The fourth-order valence-electron chi connectivity index (χ4n) is 2.49. The molecule has 0 bridgehead atoms. The van der Waals surface area contributed by atoms with E-state index in [9.17, 15) is 13.6 Å². The number of nitrogens with zero attached hydrogens (tertiary/aromatic N) is 1. The smallest absolute Gasteiger partial charge is 0.387 e. The van der Waals surface area contributed by atoms with Crippen LogP contribution in [0.25, 0.3) is 6.08 Å². The van der Waals surface area contributed by atoms with Gasteiger partial charge in [0.05, 0.1) is 7.11 Å². The SMILES string of the molecule is C/C=C/c1ccc(OCC(=O)N(C)Cc2ccc(OC(F)F)cc2)c(OC)c1. The Morgan fingerprint density at radius 2 is 1.86 bits per heavy atom. The van der Waals surface area contributed by atoms with Crippen molar-refractivity contribution in [2.24, 2.45) is 0 Å². The summed E-state index contributed by atoms with van der Waals surface area (Å²) in [5, 5.41) is 0. The number of hydrogen-bond acceptors (Lipinski definition) is 4. The molecule has 0 spiro atoms. The molecule has 0 aromatic heterocycles. The molecule has 0 saturated heterocycles. The first-order valence-electron chi connectivity index (χ1n) is 8.64. The van der Waals surface area contributed by atoms with Crippen molar-refractivity contribution in [3.8, 4) is 17.2 Å². The first kappa shape index (κ1) is 21.2. The molecule has 28 heavy (non-hydrogen) atoms. The minimum absolute atomic E-state index is 0.0736. The molecule has 2 rings (SSSR count). The summed E-state index contributed by atoms with van der Waals surface area (Å²) >= 11 is 0. The van der Waals surface area contributed by atoms with E-state index in [0.717, 1.165) is 11.1 Å². The van der Waals surface area contributed by atoms with Crippen molar-refractivity contribution in [2.45, 2.75) is 20.1 Å². The van der Waals surface area contributed by atoms with Gasteiger partial charge in [-0.3, -0.25) is 4.79 Å². The van der Waals surface area contributed by atoms with Crippen LogP contribution in [0.3, 0.4) is 0 Å². The van der Waals surface area contributed by atoms with Gasteiger partial charge in [-0.25, -0.2) is 0 Å². The largest absolute Gasteiger partial charge is 0.493 e. The second-order valence-electron chi connectivity index (χ2n) is 5.97. The Kier molecular flexibility index (Phi) is 7.80. The second-order valence-corrected chi connectivity index (χ2v) is 5.97. The van der Waals surface area contributed by atoms with Crippen LogP contribution in [0.2, 0.25) is 0 Å². The third-order valence-corrected chi connectivity index (χ3v) is 3.89. The molecule has 7 heteroatoms. The average Bonchev–Trinajstić information content (AvgIpc) is 2.67. The van der Waals surface area contributed by atoms with Gasteiger partial charge in [0.2, 0.25) is 0 Å². The standard InChI is InChI=1S/C21H23F2NO4/c1-4-5-15-8-11-18(19(12-15)26-3)27-14-20(25)24(2)13-16-6-9-17(10-7-16)28-21(22)23/h4-12,21H,13-14H2,1-3H3/b5-4+. The molecule has 0 N–H and O–H groups in total. The van der Waals surface area contributed by atoms with Crippen molar-refractivity contribution in [1.29, 1.82) is 0 Å². The third-order valence-electron chi connectivity index (χ3n) is 3.89. The summed E-state index contributed by atoms with van der Waals surface area (Å²) in [6, 6.07) is 11.6. The van der Waals surface area contributed by atoms with Crippen LogP contribution >= 0.6 is 0 Å². The molecule has 0 unspecified atom stereocenters. The molecule has 0 fully saturated rings. The number of amides is 1. The van der Waals surface area contributed by atoms with E-state index in [4.69, 9.17) is 9.47 Å². The van der Waals surface area contributed by atoms with E-state index in [2.05, 4.69) is 4.74 Å². The highest BCUT2D eigenvalue weighted by Gasteiger charge is 2.13. The van der Waals surface area contributed by atoms with E-state index in [0.29, 0.717) is 18.0 Å². The molecule has 2 aromatic carbocycles. The van der Waals surface area contributed by atoms with Gasteiger partial charge in [0, 0.05) is 13.6 Å². The number of likely N-dealkylation sites (N-methyl/N-ethyl adjacent to an activating group) is 1. The Morgan fingerprint density at radius 1 is 1.14 bits per heavy atom. The lowest BCUT2D eigenvalue weighted by molar-refractivity contribution is -0.132. The molecule has 1 amide bonds. The molecule has 0 heterocycles. The minimum atomic E-state index is -2.86. The molecule has 2 aromatic rings. The summed E-state index contributed by atoms with van der Waals surface area (Å²) < 4.78 is 39.6. The Balaban J connectivity index is 1.92. The zero-order chi connectivity index (χ0) is 20.5. The number of methoxy groups -OCH3 is 1. The number of carbonyl (C=O) groups is 1. The lowest BCUT2D eigenvalue weighted by Gasteiger charge is -2.18. The number of ether oxygens (including phenoxy) is 3. The normalized spacial score (nSPS) is 10.9. The van der Waals surface area contributed by atoms with Gasteiger partial charge in [-0.15, -0.1) is 0 Å². The van der Waals surface area contributed by atoms with Crippen LogP contribution in [-0.4, -0.2) is 38.2 Å². The third kappa shape index (κ3) is 6.26. The molecule has 0 saturated carbocycles. The van der Waals surface area contributed by atoms with Gasteiger partial charge in [0.25, 0.3) is 5.91 Å². The molecule has 0 aliphatic heterocycles. The molecule has 0 atom stereocenters. The molecule has 0 aliphatic carbocycles. The van der Waals surface area contributed by atoms with Crippen molar-refractivity contribution in [3.05, 3.63) is 59.7 Å². The maximum atomic E-state index is 12.3. The van der Waals surface area contributed by atoms with E-state index in [-0.39, 0.29) is 18.3 Å². The highest BCUT2D eigenvalue weighted by atomic mass is 19.3. The van der Waals surface area contributed by atoms with E-state index in [1.165, 1.54) is 24.1 Å². The lowest BCUT2D eigenvalue weighted by Crippen LogP contribution is -2.31. The van der Waals surface area contributed by atoms with Gasteiger partial charge in [-0.2, -0.15) is 8.78 Å². The van der Waals surface area contributed by atoms with Crippen LogP contribution in [0.1, 0.15) is 18.1 Å². The second kappa shape index (κ2) is 10.3. The van der Waals surface area contributed by atoms with Crippen molar-refractivity contribution in [2.75, 3.05) is 20.8 Å². The zero-order valence-corrected chi connectivity index (χ0v) is 16.0. The number of hydrogen-bond donors (Lipinski definition) is 0. The Hall–Kier alpha value is -3.09. The van der Waals surface area contributed by atoms with Gasteiger partial charge < -0.3 is 19.1 Å². The maximum Gasteiger partial charge on any atom is 0.387 e. The van der Waals surface area contributed by atoms with Crippen LogP contribution < -0.4 is 14.2 Å². The van der Waals surface area contributed by atoms with Crippen LogP contribution in [0.5, 0.6) is 17.2 Å². The minimum Gasteiger partial charge on any atom is -0.493 e. The van der Waals surface area contributed by atoms with Crippen LogP contribution in [-0.2, 0) is 11.3 Å².